The van der Waals surface area contributed by atoms with Crippen LogP contribution in [0.4, 0.5) is 0 Å². The van der Waals surface area contributed by atoms with E-state index in [1.54, 1.807) is 19.3 Å². The van der Waals surface area contributed by atoms with Gasteiger partial charge in [-0.3, -0.25) is 4.99 Å². The predicted octanol–water partition coefficient (Wildman–Crippen LogP) is 2.30. The number of nitrogens with zero attached hydrogens (tertiary/aromatic N) is 2. The summed E-state index contributed by atoms with van der Waals surface area (Å²) in [6.45, 7) is 9.65. The lowest BCUT2D eigenvalue weighted by atomic mass is 10.2. The third-order valence-electron chi connectivity index (χ3n) is 1.61. The van der Waals surface area contributed by atoms with E-state index in [4.69, 9.17) is 0 Å². The molecule has 0 aliphatic rings. The molecular weight excluding hydrogens is 174 g/mol. The predicted molar refractivity (Wildman–Crippen MR) is 66.5 cm³/mol. The van der Waals surface area contributed by atoms with Crippen LogP contribution >= 0.6 is 0 Å². The molecule has 0 spiro atoms. The van der Waals surface area contributed by atoms with E-state index in [-0.39, 0.29) is 6.04 Å². The second kappa shape index (κ2) is 12.0. The SMILES string of the molecule is C=CC=NC(=NC)C(CC)NC.CC. The third-order valence-corrected chi connectivity index (χ3v) is 1.61. The van der Waals surface area contributed by atoms with Gasteiger partial charge in [-0.25, -0.2) is 4.99 Å². The van der Waals surface area contributed by atoms with Crippen LogP contribution in [0.1, 0.15) is 27.2 Å². The number of likely N-dealkylation sites (N-methyl/N-ethyl adjacent to an activating group) is 1. The van der Waals surface area contributed by atoms with Gasteiger partial charge in [-0.15, -0.1) is 0 Å². The first-order valence-corrected chi connectivity index (χ1v) is 5.09. The molecule has 0 radical (unpaired) electrons. The Balaban J connectivity index is 0. The van der Waals surface area contributed by atoms with Gasteiger partial charge in [0.2, 0.25) is 0 Å². The third kappa shape index (κ3) is 6.54. The molecule has 0 rings (SSSR count). The average Bonchev–Trinajstić information content (AvgIpc) is 2.27. The number of rotatable bonds is 4. The highest BCUT2D eigenvalue weighted by Gasteiger charge is 2.07. The van der Waals surface area contributed by atoms with Crippen molar-refractivity contribution in [3.05, 3.63) is 12.7 Å². The second-order valence-electron chi connectivity index (χ2n) is 2.35. The minimum atomic E-state index is 0.242. The van der Waals surface area contributed by atoms with E-state index >= 15 is 0 Å². The molecular formula is C11H23N3. The highest BCUT2D eigenvalue weighted by molar-refractivity contribution is 5.95. The van der Waals surface area contributed by atoms with Crippen molar-refractivity contribution in [2.75, 3.05) is 14.1 Å². The Kier molecular flexibility index (Phi) is 13.3. The Labute approximate surface area is 88.0 Å². The molecule has 0 fully saturated rings. The number of nitrogens with one attached hydrogen (secondary N) is 1. The molecule has 0 aliphatic heterocycles. The minimum absolute atomic E-state index is 0.242. The molecule has 0 aromatic carbocycles. The standard InChI is InChI=1S/C9H17N3.C2H6/c1-5-7-12-9(11-4)8(6-2)10-3;1-2/h5,7-8,10H,1,6H2,2-4H3;1-2H3. The van der Waals surface area contributed by atoms with E-state index in [0.717, 1.165) is 12.3 Å². The highest BCUT2D eigenvalue weighted by atomic mass is 15.0. The lowest BCUT2D eigenvalue weighted by molar-refractivity contribution is 0.673. The maximum atomic E-state index is 4.15. The van der Waals surface area contributed by atoms with Gasteiger partial charge >= 0.3 is 0 Å². The van der Waals surface area contributed by atoms with Crippen LogP contribution in [0.2, 0.25) is 0 Å². The van der Waals surface area contributed by atoms with Crippen LogP contribution in [0, 0.1) is 0 Å². The summed E-state index contributed by atoms with van der Waals surface area (Å²) in [5.74, 6) is 0.819. The summed E-state index contributed by atoms with van der Waals surface area (Å²) >= 11 is 0. The van der Waals surface area contributed by atoms with E-state index in [9.17, 15) is 0 Å². The number of hydrogen-bond donors (Lipinski definition) is 1. The highest BCUT2D eigenvalue weighted by Crippen LogP contribution is 1.95. The van der Waals surface area contributed by atoms with Crippen molar-refractivity contribution >= 4 is 12.1 Å². The molecule has 0 saturated carbocycles. The van der Waals surface area contributed by atoms with Crippen LogP contribution < -0.4 is 5.32 Å². The smallest absolute Gasteiger partial charge is 0.140 e. The Hall–Kier alpha value is -0.960. The normalized spacial score (nSPS) is 13.4. The maximum absolute atomic E-state index is 4.15. The molecule has 82 valence electrons. The monoisotopic (exact) mass is 197 g/mol. The first-order chi connectivity index (χ1) is 6.79. The fourth-order valence-electron chi connectivity index (χ4n) is 0.948. The number of amidine groups is 1. The molecule has 0 aromatic rings. The molecule has 3 nitrogen and oxygen atoms in total. The van der Waals surface area contributed by atoms with E-state index in [0.29, 0.717) is 0 Å². The molecule has 0 aromatic heterocycles. The zero-order chi connectivity index (χ0) is 11.4. The summed E-state index contributed by atoms with van der Waals surface area (Å²) in [5, 5.41) is 3.13. The molecule has 0 amide bonds. The molecule has 1 atom stereocenters. The van der Waals surface area contributed by atoms with Gasteiger partial charge in [-0.2, -0.15) is 0 Å². The van der Waals surface area contributed by atoms with Gasteiger partial charge in [0.15, 0.2) is 0 Å². The van der Waals surface area contributed by atoms with Crippen molar-refractivity contribution in [1.82, 2.24) is 5.32 Å². The van der Waals surface area contributed by atoms with E-state index < -0.39 is 0 Å². The molecule has 1 unspecified atom stereocenters. The van der Waals surface area contributed by atoms with E-state index in [2.05, 4.69) is 28.8 Å². The first-order valence-electron chi connectivity index (χ1n) is 5.09. The van der Waals surface area contributed by atoms with Gasteiger partial charge in [-0.05, 0) is 13.5 Å². The summed E-state index contributed by atoms with van der Waals surface area (Å²) in [6.07, 6.45) is 4.29. The Morgan fingerprint density at radius 2 is 2.07 bits per heavy atom. The molecule has 0 aliphatic carbocycles. The topological polar surface area (TPSA) is 36.8 Å². The number of hydrogen-bond acceptors (Lipinski definition) is 2. The van der Waals surface area contributed by atoms with Crippen LogP contribution in [-0.2, 0) is 0 Å². The maximum Gasteiger partial charge on any atom is 0.140 e. The molecule has 0 saturated heterocycles. The van der Waals surface area contributed by atoms with Gasteiger partial charge in [0.05, 0.1) is 6.04 Å². The van der Waals surface area contributed by atoms with Crippen LogP contribution in [0.25, 0.3) is 0 Å². The van der Waals surface area contributed by atoms with Crippen molar-refractivity contribution in [3.63, 3.8) is 0 Å². The lowest BCUT2D eigenvalue weighted by Crippen LogP contribution is -2.32. The number of allylic oxidation sites excluding steroid dienone is 1. The summed E-state index contributed by atoms with van der Waals surface area (Å²) in [5.41, 5.74) is 0. The van der Waals surface area contributed by atoms with Gasteiger partial charge in [-0.1, -0.05) is 33.4 Å². The van der Waals surface area contributed by atoms with Gasteiger partial charge in [0.25, 0.3) is 0 Å². The van der Waals surface area contributed by atoms with E-state index in [1.165, 1.54) is 0 Å². The summed E-state index contributed by atoms with van der Waals surface area (Å²) in [4.78, 5) is 8.22. The minimum Gasteiger partial charge on any atom is -0.310 e. The van der Waals surface area contributed by atoms with Gasteiger partial charge in [0.1, 0.15) is 5.84 Å². The van der Waals surface area contributed by atoms with Crippen LogP contribution in [-0.4, -0.2) is 32.2 Å². The van der Waals surface area contributed by atoms with Crippen molar-refractivity contribution < 1.29 is 0 Å². The Morgan fingerprint density at radius 1 is 1.50 bits per heavy atom. The zero-order valence-electron chi connectivity index (χ0n) is 10.0. The van der Waals surface area contributed by atoms with Crippen LogP contribution in [0.15, 0.2) is 22.6 Å². The van der Waals surface area contributed by atoms with E-state index in [1.807, 2.05) is 20.9 Å². The van der Waals surface area contributed by atoms with Crippen molar-refractivity contribution in [1.29, 1.82) is 0 Å². The quantitative estimate of drug-likeness (QED) is 0.545. The van der Waals surface area contributed by atoms with Crippen LogP contribution in [0.3, 0.4) is 0 Å². The Bertz CT molecular complexity index is 179. The molecule has 1 N–H and O–H groups in total. The molecule has 0 heterocycles. The number of aliphatic imine (C=N–C) groups is 2. The summed E-state index contributed by atoms with van der Waals surface area (Å²) in [6, 6.07) is 0.242. The summed E-state index contributed by atoms with van der Waals surface area (Å²) < 4.78 is 0. The largest absolute Gasteiger partial charge is 0.310 e. The van der Waals surface area contributed by atoms with Crippen molar-refractivity contribution in [2.24, 2.45) is 9.98 Å². The van der Waals surface area contributed by atoms with Crippen molar-refractivity contribution in [2.45, 2.75) is 33.2 Å². The van der Waals surface area contributed by atoms with Gasteiger partial charge < -0.3 is 5.32 Å². The average molecular weight is 197 g/mol. The Morgan fingerprint density at radius 3 is 2.36 bits per heavy atom. The lowest BCUT2D eigenvalue weighted by Gasteiger charge is -2.11. The van der Waals surface area contributed by atoms with Crippen LogP contribution in [0.5, 0.6) is 0 Å². The fourth-order valence-corrected chi connectivity index (χ4v) is 0.948. The zero-order valence-corrected chi connectivity index (χ0v) is 10.0. The van der Waals surface area contributed by atoms with Crippen molar-refractivity contribution in [3.8, 4) is 0 Å². The molecule has 3 heteroatoms. The molecule has 14 heavy (non-hydrogen) atoms. The van der Waals surface area contributed by atoms with Gasteiger partial charge in [0, 0.05) is 13.3 Å². The second-order valence-corrected chi connectivity index (χ2v) is 2.35. The fraction of sp³-hybridized carbons (Fsp3) is 0.636. The molecule has 0 bridgehead atoms. The first kappa shape index (κ1) is 15.5. The summed E-state index contributed by atoms with van der Waals surface area (Å²) in [7, 11) is 3.65.